The van der Waals surface area contributed by atoms with Crippen LogP contribution in [-0.2, 0) is 17.1 Å². The zero-order valence-electron chi connectivity index (χ0n) is 11.2. The van der Waals surface area contributed by atoms with Crippen molar-refractivity contribution in [2.45, 2.75) is 24.8 Å². The van der Waals surface area contributed by atoms with E-state index in [2.05, 4.69) is 9.82 Å². The Labute approximate surface area is 113 Å². The maximum Gasteiger partial charge on any atom is 0.244 e. The van der Waals surface area contributed by atoms with Crippen LogP contribution in [0.1, 0.15) is 13.8 Å². The summed E-state index contributed by atoms with van der Waals surface area (Å²) in [6.07, 6.45) is 1.52. The molecule has 0 aliphatic heterocycles. The monoisotopic (exact) mass is 279 g/mol. The second-order valence-electron chi connectivity index (χ2n) is 4.66. The Bertz CT molecular complexity index is 660. The lowest BCUT2D eigenvalue weighted by atomic mass is 10.2. The van der Waals surface area contributed by atoms with Crippen LogP contribution in [0.25, 0.3) is 11.3 Å². The Morgan fingerprint density at radius 2 is 1.84 bits per heavy atom. The summed E-state index contributed by atoms with van der Waals surface area (Å²) in [5.41, 5.74) is 1.25. The molecule has 0 unspecified atom stereocenters. The van der Waals surface area contributed by atoms with Gasteiger partial charge in [-0.15, -0.1) is 0 Å². The molecule has 0 bridgehead atoms. The Kier molecular flexibility index (Phi) is 3.73. The van der Waals surface area contributed by atoms with E-state index in [0.717, 1.165) is 5.56 Å². The zero-order valence-corrected chi connectivity index (χ0v) is 12.0. The van der Waals surface area contributed by atoms with E-state index in [1.807, 2.05) is 30.3 Å². The molecular formula is C13H17N3O2S. The van der Waals surface area contributed by atoms with E-state index in [1.54, 1.807) is 20.9 Å². The van der Waals surface area contributed by atoms with Crippen LogP contribution in [-0.4, -0.2) is 24.2 Å². The van der Waals surface area contributed by atoms with Crippen LogP contribution in [0, 0.1) is 0 Å². The topological polar surface area (TPSA) is 64.0 Å². The number of hydrogen-bond donors (Lipinski definition) is 1. The smallest absolute Gasteiger partial charge is 0.244 e. The molecule has 0 saturated carbocycles. The first-order chi connectivity index (χ1) is 8.90. The number of aryl methyl sites for hydroxylation is 1. The van der Waals surface area contributed by atoms with Crippen molar-refractivity contribution >= 4 is 10.0 Å². The maximum atomic E-state index is 12.3. The highest BCUT2D eigenvalue weighted by molar-refractivity contribution is 7.89. The molecule has 0 aliphatic carbocycles. The molecular weight excluding hydrogens is 262 g/mol. The van der Waals surface area contributed by atoms with Crippen LogP contribution >= 0.6 is 0 Å². The molecule has 0 radical (unpaired) electrons. The van der Waals surface area contributed by atoms with Gasteiger partial charge in [0, 0.05) is 24.8 Å². The number of benzene rings is 1. The highest BCUT2D eigenvalue weighted by Crippen LogP contribution is 2.25. The standard InChI is InChI=1S/C13H17N3O2S/c1-10(2)15-19(17,18)12-9-16(3)14-13(12)11-7-5-4-6-8-11/h4-10,15H,1-3H3. The number of rotatable bonds is 4. The van der Waals surface area contributed by atoms with Crippen molar-refractivity contribution in [1.29, 1.82) is 0 Å². The lowest BCUT2D eigenvalue weighted by Gasteiger charge is -2.09. The predicted octanol–water partition coefficient (Wildman–Crippen LogP) is 1.77. The van der Waals surface area contributed by atoms with Gasteiger partial charge in [0.1, 0.15) is 10.6 Å². The third-order valence-electron chi connectivity index (χ3n) is 2.52. The van der Waals surface area contributed by atoms with Crippen molar-refractivity contribution in [2.75, 3.05) is 0 Å². The molecule has 102 valence electrons. The van der Waals surface area contributed by atoms with Crippen LogP contribution in [0.3, 0.4) is 0 Å². The summed E-state index contributed by atoms with van der Waals surface area (Å²) in [4.78, 5) is 0.204. The van der Waals surface area contributed by atoms with Crippen LogP contribution in [0.15, 0.2) is 41.4 Å². The minimum Gasteiger partial charge on any atom is -0.274 e. The Morgan fingerprint density at radius 3 is 2.42 bits per heavy atom. The molecule has 0 amide bonds. The van der Waals surface area contributed by atoms with E-state index >= 15 is 0 Å². The number of nitrogens with one attached hydrogen (secondary N) is 1. The van der Waals surface area contributed by atoms with E-state index in [-0.39, 0.29) is 10.9 Å². The molecule has 1 heterocycles. The first kappa shape index (κ1) is 13.8. The van der Waals surface area contributed by atoms with Crippen molar-refractivity contribution in [3.63, 3.8) is 0 Å². The summed E-state index contributed by atoms with van der Waals surface area (Å²) in [7, 11) is -1.84. The highest BCUT2D eigenvalue weighted by Gasteiger charge is 2.23. The fourth-order valence-corrected chi connectivity index (χ4v) is 3.29. The Morgan fingerprint density at radius 1 is 1.21 bits per heavy atom. The third kappa shape index (κ3) is 3.02. The minimum absolute atomic E-state index is 0.158. The fourth-order valence-electron chi connectivity index (χ4n) is 1.83. The van der Waals surface area contributed by atoms with Crippen molar-refractivity contribution in [3.05, 3.63) is 36.5 Å². The van der Waals surface area contributed by atoms with Gasteiger partial charge in [-0.25, -0.2) is 13.1 Å². The van der Waals surface area contributed by atoms with Gasteiger partial charge in [0.2, 0.25) is 10.0 Å². The summed E-state index contributed by atoms with van der Waals surface area (Å²) in [5.74, 6) is 0. The molecule has 1 N–H and O–H groups in total. The molecule has 2 rings (SSSR count). The number of sulfonamides is 1. The van der Waals surface area contributed by atoms with Crippen LogP contribution in [0.5, 0.6) is 0 Å². The SMILES string of the molecule is CC(C)NS(=O)(=O)c1cn(C)nc1-c1ccccc1. The maximum absolute atomic E-state index is 12.3. The number of nitrogens with zero attached hydrogens (tertiary/aromatic N) is 2. The van der Waals surface area contributed by atoms with Gasteiger partial charge in [0.05, 0.1) is 0 Å². The molecule has 19 heavy (non-hydrogen) atoms. The van der Waals surface area contributed by atoms with Gasteiger partial charge in [-0.05, 0) is 13.8 Å². The van der Waals surface area contributed by atoms with Crippen molar-refractivity contribution < 1.29 is 8.42 Å². The minimum atomic E-state index is -3.55. The average Bonchev–Trinajstić information content (AvgIpc) is 2.72. The first-order valence-corrected chi connectivity index (χ1v) is 7.50. The van der Waals surface area contributed by atoms with Gasteiger partial charge in [-0.3, -0.25) is 4.68 Å². The quantitative estimate of drug-likeness (QED) is 0.927. The predicted molar refractivity (Wildman–Crippen MR) is 74.1 cm³/mol. The second kappa shape index (κ2) is 5.14. The van der Waals surface area contributed by atoms with Crippen molar-refractivity contribution in [1.82, 2.24) is 14.5 Å². The summed E-state index contributed by atoms with van der Waals surface area (Å²) < 4.78 is 28.7. The zero-order chi connectivity index (χ0) is 14.0. The summed E-state index contributed by atoms with van der Waals surface area (Å²) >= 11 is 0. The van der Waals surface area contributed by atoms with E-state index < -0.39 is 10.0 Å². The van der Waals surface area contributed by atoms with Crippen LogP contribution in [0.2, 0.25) is 0 Å². The molecule has 0 aliphatic rings. The van der Waals surface area contributed by atoms with Gasteiger partial charge in [-0.2, -0.15) is 5.10 Å². The van der Waals surface area contributed by atoms with Crippen molar-refractivity contribution in [3.8, 4) is 11.3 Å². The van der Waals surface area contributed by atoms with Crippen LogP contribution < -0.4 is 4.72 Å². The van der Waals surface area contributed by atoms with Gasteiger partial charge in [0.25, 0.3) is 0 Å². The molecule has 6 heteroatoms. The molecule has 1 aromatic heterocycles. The molecule has 0 fully saturated rings. The Balaban J connectivity index is 2.54. The van der Waals surface area contributed by atoms with Crippen LogP contribution in [0.4, 0.5) is 0 Å². The largest absolute Gasteiger partial charge is 0.274 e. The Hall–Kier alpha value is -1.66. The van der Waals surface area contributed by atoms with E-state index in [1.165, 1.54) is 10.9 Å². The number of hydrogen-bond acceptors (Lipinski definition) is 3. The van der Waals surface area contributed by atoms with E-state index in [9.17, 15) is 8.42 Å². The third-order valence-corrected chi connectivity index (χ3v) is 4.18. The van der Waals surface area contributed by atoms with E-state index in [4.69, 9.17) is 0 Å². The second-order valence-corrected chi connectivity index (χ2v) is 6.34. The summed E-state index contributed by atoms with van der Waals surface area (Å²) in [6, 6.07) is 9.13. The van der Waals surface area contributed by atoms with Gasteiger partial charge in [0.15, 0.2) is 0 Å². The van der Waals surface area contributed by atoms with E-state index in [0.29, 0.717) is 5.69 Å². The van der Waals surface area contributed by atoms with Crippen molar-refractivity contribution in [2.24, 2.45) is 7.05 Å². The molecule has 5 nitrogen and oxygen atoms in total. The van der Waals surface area contributed by atoms with Gasteiger partial charge >= 0.3 is 0 Å². The molecule has 0 saturated heterocycles. The fraction of sp³-hybridized carbons (Fsp3) is 0.308. The molecule has 2 aromatic rings. The normalized spacial score (nSPS) is 12.0. The number of aromatic nitrogens is 2. The van der Waals surface area contributed by atoms with Gasteiger partial charge < -0.3 is 0 Å². The average molecular weight is 279 g/mol. The van der Waals surface area contributed by atoms with Gasteiger partial charge in [-0.1, -0.05) is 30.3 Å². The summed E-state index contributed by atoms with van der Waals surface area (Å²) in [6.45, 7) is 3.58. The lowest BCUT2D eigenvalue weighted by molar-refractivity contribution is 0.570. The molecule has 0 atom stereocenters. The lowest BCUT2D eigenvalue weighted by Crippen LogP contribution is -2.30. The first-order valence-electron chi connectivity index (χ1n) is 6.01. The highest BCUT2D eigenvalue weighted by atomic mass is 32.2. The molecule has 1 aromatic carbocycles. The summed E-state index contributed by atoms with van der Waals surface area (Å²) in [5, 5.41) is 4.25. The molecule has 0 spiro atoms.